The maximum atomic E-state index is 13.1. The number of halogens is 2. The molecule has 1 aromatic carbocycles. The summed E-state index contributed by atoms with van der Waals surface area (Å²) in [6.45, 7) is 4.44. The molecule has 2 atom stereocenters. The van der Waals surface area contributed by atoms with Gasteiger partial charge in [-0.2, -0.15) is 0 Å². The summed E-state index contributed by atoms with van der Waals surface area (Å²) in [5, 5.41) is 9.10. The van der Waals surface area contributed by atoms with Gasteiger partial charge >= 0.3 is 0 Å². The molecule has 1 heterocycles. The van der Waals surface area contributed by atoms with E-state index < -0.39 is 0 Å². The zero-order valence-electron chi connectivity index (χ0n) is 15.2. The zero-order chi connectivity index (χ0) is 17.8. The van der Waals surface area contributed by atoms with Gasteiger partial charge in [0.15, 0.2) is 5.96 Å². The topological polar surface area (TPSA) is 68.8 Å². The highest BCUT2D eigenvalue weighted by Crippen LogP contribution is 2.31. The van der Waals surface area contributed by atoms with Crippen molar-refractivity contribution in [2.24, 2.45) is 10.9 Å². The van der Waals surface area contributed by atoms with Gasteiger partial charge in [-0.05, 0) is 37.0 Å². The quantitative estimate of drug-likeness (QED) is 0.347. The minimum Gasteiger partial charge on any atom is -0.352 e. The Balaban J connectivity index is 0.00000243. The summed E-state index contributed by atoms with van der Waals surface area (Å²) in [7, 11) is 1.69. The Hall–Kier alpha value is -1.42. The summed E-state index contributed by atoms with van der Waals surface area (Å²) in [6.07, 6.45) is 2.62. The Kier molecular flexibility index (Phi) is 7.63. The zero-order valence-corrected chi connectivity index (χ0v) is 17.5. The number of aliphatic imine (C=N–C) groups is 1. The normalized spacial score (nSPS) is 23.3. The van der Waals surface area contributed by atoms with Gasteiger partial charge in [0.1, 0.15) is 5.82 Å². The first kappa shape index (κ1) is 20.9. The molecule has 2 fully saturated rings. The van der Waals surface area contributed by atoms with Crippen LogP contribution in [0, 0.1) is 11.7 Å². The highest BCUT2D eigenvalue weighted by Gasteiger charge is 2.38. The number of hydrogen-bond donors (Lipinski definition) is 3. The van der Waals surface area contributed by atoms with Gasteiger partial charge < -0.3 is 16.0 Å². The molecule has 26 heavy (non-hydrogen) atoms. The molecule has 0 aromatic heterocycles. The van der Waals surface area contributed by atoms with Crippen LogP contribution in [0.5, 0.6) is 0 Å². The van der Waals surface area contributed by atoms with Crippen molar-refractivity contribution < 1.29 is 9.18 Å². The third-order valence-corrected chi connectivity index (χ3v) is 4.77. The second-order valence-electron chi connectivity index (χ2n) is 6.90. The Labute approximate surface area is 171 Å². The first-order valence-electron chi connectivity index (χ1n) is 8.82. The van der Waals surface area contributed by atoms with Crippen LogP contribution < -0.4 is 16.0 Å². The highest BCUT2D eigenvalue weighted by atomic mass is 127. The van der Waals surface area contributed by atoms with Crippen LogP contribution in [0.1, 0.15) is 19.8 Å². The molecule has 2 aliphatic rings. The molecule has 0 radical (unpaired) electrons. The maximum absolute atomic E-state index is 13.1. The van der Waals surface area contributed by atoms with Crippen LogP contribution >= 0.6 is 24.0 Å². The van der Waals surface area contributed by atoms with E-state index in [1.54, 1.807) is 19.2 Å². The average molecular weight is 475 g/mol. The molecule has 0 bridgehead atoms. The summed E-state index contributed by atoms with van der Waals surface area (Å²) in [5.41, 5.74) is 0.444. The van der Waals surface area contributed by atoms with E-state index in [1.807, 2.05) is 0 Å². The molecule has 1 aliphatic heterocycles. The highest BCUT2D eigenvalue weighted by molar-refractivity contribution is 14.0. The molecule has 3 rings (SSSR count). The number of benzene rings is 1. The van der Waals surface area contributed by atoms with Crippen molar-refractivity contribution in [2.75, 3.05) is 32.0 Å². The van der Waals surface area contributed by atoms with E-state index >= 15 is 0 Å². The van der Waals surface area contributed by atoms with Gasteiger partial charge in [0.2, 0.25) is 5.91 Å². The summed E-state index contributed by atoms with van der Waals surface area (Å²) in [5.74, 6) is 0.537. The number of likely N-dealkylation sites (tertiary alicyclic amines) is 1. The smallest absolute Gasteiger partial charge is 0.243 e. The lowest BCUT2D eigenvalue weighted by atomic mass is 10.1. The average Bonchev–Trinajstić information content (AvgIpc) is 3.36. The van der Waals surface area contributed by atoms with E-state index in [9.17, 15) is 9.18 Å². The minimum atomic E-state index is -0.376. The number of amides is 1. The van der Waals surface area contributed by atoms with Crippen molar-refractivity contribution in [3.05, 3.63) is 30.1 Å². The summed E-state index contributed by atoms with van der Waals surface area (Å²) in [6, 6.07) is 6.94. The third kappa shape index (κ3) is 5.80. The Morgan fingerprint density at radius 3 is 2.77 bits per heavy atom. The van der Waals surface area contributed by atoms with Crippen LogP contribution in [0.25, 0.3) is 0 Å². The molecular weight excluding hydrogens is 448 g/mol. The van der Waals surface area contributed by atoms with Gasteiger partial charge in [0.25, 0.3) is 0 Å². The van der Waals surface area contributed by atoms with Crippen molar-refractivity contribution in [2.45, 2.75) is 31.8 Å². The largest absolute Gasteiger partial charge is 0.352 e. The lowest BCUT2D eigenvalue weighted by Gasteiger charge is -2.20. The van der Waals surface area contributed by atoms with E-state index in [4.69, 9.17) is 0 Å². The number of guanidine groups is 1. The van der Waals surface area contributed by atoms with Crippen molar-refractivity contribution in [3.63, 3.8) is 0 Å². The molecule has 8 heteroatoms. The first-order valence-corrected chi connectivity index (χ1v) is 8.82. The monoisotopic (exact) mass is 475 g/mol. The SMILES string of the molecule is CN=C(NCC(=O)Nc1cccc(F)c1)NC1CN(C2CC2)CC1C.I. The van der Waals surface area contributed by atoms with Gasteiger partial charge in [-0.1, -0.05) is 13.0 Å². The van der Waals surface area contributed by atoms with E-state index in [1.165, 1.54) is 25.0 Å². The second kappa shape index (κ2) is 9.50. The third-order valence-electron chi connectivity index (χ3n) is 4.77. The van der Waals surface area contributed by atoms with Gasteiger partial charge in [0.05, 0.1) is 6.54 Å². The summed E-state index contributed by atoms with van der Waals surface area (Å²) >= 11 is 0. The predicted molar refractivity (Wildman–Crippen MR) is 112 cm³/mol. The Morgan fingerprint density at radius 1 is 1.35 bits per heavy atom. The van der Waals surface area contributed by atoms with Gasteiger partial charge in [0, 0.05) is 37.9 Å². The van der Waals surface area contributed by atoms with Gasteiger partial charge in [-0.15, -0.1) is 24.0 Å². The molecule has 1 aliphatic carbocycles. The molecule has 1 saturated carbocycles. The fraction of sp³-hybridized carbons (Fsp3) is 0.556. The minimum absolute atomic E-state index is 0. The number of anilines is 1. The van der Waals surface area contributed by atoms with E-state index in [0.717, 1.165) is 19.1 Å². The van der Waals surface area contributed by atoms with Crippen LogP contribution in [-0.2, 0) is 4.79 Å². The number of nitrogens with zero attached hydrogens (tertiary/aromatic N) is 2. The molecular formula is C18H27FIN5O. The first-order chi connectivity index (χ1) is 12.0. The lowest BCUT2D eigenvalue weighted by molar-refractivity contribution is -0.115. The Bertz CT molecular complexity index is 652. The van der Waals surface area contributed by atoms with E-state index in [0.29, 0.717) is 23.6 Å². The number of rotatable bonds is 5. The molecule has 6 nitrogen and oxygen atoms in total. The van der Waals surface area contributed by atoms with E-state index in [-0.39, 0.29) is 42.2 Å². The van der Waals surface area contributed by atoms with Crippen molar-refractivity contribution in [1.82, 2.24) is 15.5 Å². The van der Waals surface area contributed by atoms with Crippen LogP contribution in [0.15, 0.2) is 29.3 Å². The summed E-state index contributed by atoms with van der Waals surface area (Å²) in [4.78, 5) is 18.7. The molecule has 3 N–H and O–H groups in total. The van der Waals surface area contributed by atoms with Gasteiger partial charge in [-0.3, -0.25) is 14.7 Å². The number of carbonyl (C=O) groups is 1. The second-order valence-corrected chi connectivity index (χ2v) is 6.90. The lowest BCUT2D eigenvalue weighted by Crippen LogP contribution is -2.48. The van der Waals surface area contributed by atoms with Crippen LogP contribution in [0.2, 0.25) is 0 Å². The predicted octanol–water partition coefficient (Wildman–Crippen LogP) is 2.03. The molecule has 144 valence electrons. The fourth-order valence-corrected chi connectivity index (χ4v) is 3.24. The maximum Gasteiger partial charge on any atom is 0.243 e. The summed E-state index contributed by atoms with van der Waals surface area (Å²) < 4.78 is 13.1. The molecule has 1 aromatic rings. The number of hydrogen-bond acceptors (Lipinski definition) is 3. The van der Waals surface area contributed by atoms with Crippen molar-refractivity contribution in [3.8, 4) is 0 Å². The van der Waals surface area contributed by atoms with Crippen LogP contribution in [0.3, 0.4) is 0 Å². The molecule has 2 unspecified atom stereocenters. The van der Waals surface area contributed by atoms with Crippen molar-refractivity contribution >= 4 is 41.5 Å². The molecule has 1 amide bonds. The van der Waals surface area contributed by atoms with Crippen LogP contribution in [-0.4, -0.2) is 55.5 Å². The Morgan fingerprint density at radius 2 is 2.12 bits per heavy atom. The number of carbonyl (C=O) groups excluding carboxylic acids is 1. The number of nitrogens with one attached hydrogen (secondary N) is 3. The standard InChI is InChI=1S/C18H26FN5O.HI/c1-12-10-24(15-6-7-15)11-16(12)23-18(20-2)21-9-17(25)22-14-5-3-4-13(19)8-14;/h3-5,8,12,15-16H,6-7,9-11H2,1-2H3,(H,22,25)(H2,20,21,23);1H. The fourth-order valence-electron chi connectivity index (χ4n) is 3.24. The van der Waals surface area contributed by atoms with Crippen LogP contribution in [0.4, 0.5) is 10.1 Å². The van der Waals surface area contributed by atoms with Crippen molar-refractivity contribution in [1.29, 1.82) is 0 Å². The van der Waals surface area contributed by atoms with E-state index in [2.05, 4.69) is 32.8 Å². The van der Waals surface area contributed by atoms with Gasteiger partial charge in [-0.25, -0.2) is 4.39 Å². The molecule has 0 spiro atoms. The molecule has 1 saturated heterocycles.